The van der Waals surface area contributed by atoms with E-state index in [-0.39, 0.29) is 0 Å². The number of halogens is 1. The van der Waals surface area contributed by atoms with E-state index in [9.17, 15) is 9.59 Å². The van der Waals surface area contributed by atoms with Crippen LogP contribution in [0.3, 0.4) is 0 Å². The summed E-state index contributed by atoms with van der Waals surface area (Å²) >= 11 is 4.91. The molecule has 0 aliphatic heterocycles. The van der Waals surface area contributed by atoms with Gasteiger partial charge in [-0.3, -0.25) is 0 Å². The molecule has 0 aromatic carbocycles. The lowest BCUT2D eigenvalue weighted by Gasteiger charge is -2.27. The van der Waals surface area contributed by atoms with Gasteiger partial charge in [0.2, 0.25) is 0 Å². The lowest BCUT2D eigenvalue weighted by Crippen LogP contribution is -2.55. The van der Waals surface area contributed by atoms with Crippen molar-refractivity contribution >= 4 is 23.5 Å². The van der Waals surface area contributed by atoms with E-state index in [0.717, 1.165) is 0 Å². The van der Waals surface area contributed by atoms with E-state index in [1.54, 1.807) is 0 Å². The zero-order chi connectivity index (χ0) is 12.4. The molecule has 0 heterocycles. The minimum absolute atomic E-state index is 1.90. The van der Waals surface area contributed by atoms with Crippen LogP contribution >= 0.6 is 11.6 Å². The van der Waals surface area contributed by atoms with E-state index in [4.69, 9.17) is 42.2 Å². The molecule has 0 saturated carbocycles. The summed E-state index contributed by atoms with van der Waals surface area (Å²) in [6, 6.07) is 0. The highest BCUT2D eigenvalue weighted by molar-refractivity contribution is 6.32. The molecule has 0 bridgehead atoms. The third-order valence-corrected chi connectivity index (χ3v) is 1.98. The summed E-state index contributed by atoms with van der Waals surface area (Å²) < 4.78 is 0. The maximum atomic E-state index is 10.3. The molecule has 0 aromatic rings. The van der Waals surface area contributed by atoms with Crippen LogP contribution in [0.4, 0.5) is 0 Å². The molecule has 0 fully saturated rings. The van der Waals surface area contributed by atoms with Crippen LogP contribution in [0.15, 0.2) is 0 Å². The third-order valence-electron chi connectivity index (χ3n) is 1.59. The summed E-state index contributed by atoms with van der Waals surface area (Å²) in [6.07, 6.45) is -7.48. The average Bonchev–Trinajstić information content (AvgIpc) is 2.13. The Kier molecular flexibility index (Phi) is 4.43. The molecule has 0 spiro atoms. The fourth-order valence-electron chi connectivity index (χ4n) is 0.672. The molecule has 9 heteroatoms. The van der Waals surface area contributed by atoms with Crippen molar-refractivity contribution in [2.75, 3.05) is 0 Å². The van der Waals surface area contributed by atoms with Gasteiger partial charge in [0.15, 0.2) is 6.10 Å². The quantitative estimate of drug-likeness (QED) is 0.283. The summed E-state index contributed by atoms with van der Waals surface area (Å²) in [4.78, 5) is 20.4. The third kappa shape index (κ3) is 3.01. The van der Waals surface area contributed by atoms with Crippen molar-refractivity contribution in [1.82, 2.24) is 0 Å². The van der Waals surface area contributed by atoms with Gasteiger partial charge in [-0.05, 0) is 0 Å². The van der Waals surface area contributed by atoms with Gasteiger partial charge in [0.1, 0.15) is 12.2 Å². The second-order valence-corrected chi connectivity index (χ2v) is 3.27. The van der Waals surface area contributed by atoms with Crippen LogP contribution in [0.25, 0.3) is 0 Å². The Balaban J connectivity index is 4.78. The smallest absolute Gasteiger partial charge is 0.354 e. The Morgan fingerprint density at radius 1 is 1.13 bits per heavy atom. The molecule has 6 N–H and O–H groups in total. The molecule has 8 nitrogen and oxygen atoms in total. The van der Waals surface area contributed by atoms with Crippen LogP contribution in [0, 0.1) is 0 Å². The fraction of sp³-hybridized carbons (Fsp3) is 0.667. The molecule has 0 rings (SSSR count). The molecule has 0 aliphatic rings. The number of carboxylic acid groups (broad SMARTS) is 2. The summed E-state index contributed by atoms with van der Waals surface area (Å²) in [5, 5.41) is 48.8. The molecule has 0 radical (unpaired) electrons. The van der Waals surface area contributed by atoms with E-state index in [0.29, 0.717) is 0 Å². The second kappa shape index (κ2) is 4.73. The van der Waals surface area contributed by atoms with Crippen molar-refractivity contribution in [3.8, 4) is 0 Å². The first-order chi connectivity index (χ1) is 6.62. The number of carbonyl (C=O) groups is 2. The molecule has 0 amide bonds. The Morgan fingerprint density at radius 2 is 1.53 bits per heavy atom. The van der Waals surface area contributed by atoms with Crippen molar-refractivity contribution in [1.29, 1.82) is 0 Å². The second-order valence-electron chi connectivity index (χ2n) is 2.70. The van der Waals surface area contributed by atoms with Gasteiger partial charge in [0, 0.05) is 0 Å². The van der Waals surface area contributed by atoms with Gasteiger partial charge >= 0.3 is 11.9 Å². The van der Waals surface area contributed by atoms with Crippen molar-refractivity contribution in [3.05, 3.63) is 0 Å². The maximum absolute atomic E-state index is 10.3. The largest absolute Gasteiger partial charge is 0.479 e. The number of rotatable bonds is 5. The van der Waals surface area contributed by atoms with Gasteiger partial charge in [0.25, 0.3) is 5.06 Å². The van der Waals surface area contributed by atoms with E-state index in [2.05, 4.69) is 0 Å². The SMILES string of the molecule is O=C(O)[C@@H](O)[C@H](O)[C@@H](O)[C@@](O)(Cl)C(=O)O. The summed E-state index contributed by atoms with van der Waals surface area (Å²) in [7, 11) is 0. The fourth-order valence-corrected chi connectivity index (χ4v) is 0.801. The van der Waals surface area contributed by atoms with Gasteiger partial charge in [-0.1, -0.05) is 11.6 Å². The normalized spacial score (nSPS) is 21.1. The first-order valence-electron chi connectivity index (χ1n) is 3.54. The van der Waals surface area contributed by atoms with Gasteiger partial charge in [0.05, 0.1) is 0 Å². The number of alkyl halides is 1. The van der Waals surface area contributed by atoms with E-state index in [1.165, 1.54) is 0 Å². The average molecular weight is 245 g/mol. The Morgan fingerprint density at radius 3 is 1.80 bits per heavy atom. The Hall–Kier alpha value is -0.930. The maximum Gasteiger partial charge on any atom is 0.354 e. The number of carboxylic acids is 2. The molecule has 0 aromatic heterocycles. The lowest BCUT2D eigenvalue weighted by molar-refractivity contribution is -0.178. The summed E-state index contributed by atoms with van der Waals surface area (Å²) in [5.74, 6) is -3.99. The number of aliphatic hydroxyl groups is 4. The van der Waals surface area contributed by atoms with Crippen LogP contribution in [-0.4, -0.2) is 65.9 Å². The zero-order valence-corrected chi connectivity index (χ0v) is 7.87. The minimum atomic E-state index is -3.28. The van der Waals surface area contributed by atoms with Gasteiger partial charge < -0.3 is 30.6 Å². The Labute approximate surface area is 88.0 Å². The van der Waals surface area contributed by atoms with Crippen LogP contribution in [-0.2, 0) is 9.59 Å². The van der Waals surface area contributed by atoms with E-state index < -0.39 is 35.3 Å². The topological polar surface area (TPSA) is 156 Å². The molecular weight excluding hydrogens is 236 g/mol. The monoisotopic (exact) mass is 244 g/mol. The highest BCUT2D eigenvalue weighted by atomic mass is 35.5. The molecule has 88 valence electrons. The van der Waals surface area contributed by atoms with Crippen LogP contribution in [0.1, 0.15) is 0 Å². The van der Waals surface area contributed by atoms with Crippen LogP contribution < -0.4 is 0 Å². The van der Waals surface area contributed by atoms with Crippen molar-refractivity contribution in [2.45, 2.75) is 23.4 Å². The van der Waals surface area contributed by atoms with Crippen LogP contribution in [0.2, 0.25) is 0 Å². The number of hydrogen-bond donors (Lipinski definition) is 6. The highest BCUT2D eigenvalue weighted by Crippen LogP contribution is 2.21. The van der Waals surface area contributed by atoms with Crippen LogP contribution in [0.5, 0.6) is 0 Å². The molecule has 0 saturated heterocycles. The van der Waals surface area contributed by atoms with Crippen molar-refractivity contribution < 1.29 is 40.2 Å². The van der Waals surface area contributed by atoms with Crippen molar-refractivity contribution in [2.24, 2.45) is 0 Å². The predicted molar refractivity (Wildman–Crippen MR) is 44.1 cm³/mol. The standard InChI is InChI=1S/C6H9ClO8/c7-6(15,5(13)14)3(10)1(8)2(9)4(11)12/h1-3,8-10,15H,(H,11,12)(H,13,14)/t1-,2-,3+,6-/m0/s1. The summed E-state index contributed by atoms with van der Waals surface area (Å²) in [6.45, 7) is 0. The van der Waals surface area contributed by atoms with Gasteiger partial charge in [-0.2, -0.15) is 0 Å². The van der Waals surface area contributed by atoms with Gasteiger partial charge in [-0.15, -0.1) is 0 Å². The predicted octanol–water partition coefficient (Wildman–Crippen LogP) is -2.83. The molecule has 0 aliphatic carbocycles. The number of aliphatic hydroxyl groups excluding tert-OH is 3. The molecular formula is C6H9ClO8. The number of aliphatic carboxylic acids is 2. The minimum Gasteiger partial charge on any atom is -0.479 e. The number of hydrogen-bond acceptors (Lipinski definition) is 6. The van der Waals surface area contributed by atoms with E-state index >= 15 is 0 Å². The first-order valence-corrected chi connectivity index (χ1v) is 3.91. The zero-order valence-electron chi connectivity index (χ0n) is 7.11. The van der Waals surface area contributed by atoms with E-state index in [1.807, 2.05) is 0 Å². The first kappa shape index (κ1) is 14.1. The Bertz CT molecular complexity index is 264. The lowest BCUT2D eigenvalue weighted by atomic mass is 10.0. The summed E-state index contributed by atoms with van der Waals surface area (Å²) in [5.41, 5.74) is 0. The van der Waals surface area contributed by atoms with Gasteiger partial charge in [-0.25, -0.2) is 9.59 Å². The van der Waals surface area contributed by atoms with Crippen molar-refractivity contribution in [3.63, 3.8) is 0 Å². The molecule has 0 unspecified atom stereocenters. The molecule has 4 atom stereocenters. The highest BCUT2D eigenvalue weighted by Gasteiger charge is 2.48. The molecule has 15 heavy (non-hydrogen) atoms.